The summed E-state index contributed by atoms with van der Waals surface area (Å²) < 4.78 is 7.12. The van der Waals surface area contributed by atoms with Gasteiger partial charge in [-0.1, -0.05) is 36.9 Å². The molecular weight excluding hydrogens is 458 g/mol. The first kappa shape index (κ1) is 20.1. The van der Waals surface area contributed by atoms with E-state index < -0.39 is 5.54 Å². The molecule has 2 aliphatic heterocycles. The fourth-order valence-electron chi connectivity index (χ4n) is 3.67. The molecule has 4 rings (SSSR count). The molecule has 0 bridgehead atoms. The van der Waals surface area contributed by atoms with Crippen molar-refractivity contribution in [3.63, 3.8) is 0 Å². The number of nitrogens with one attached hydrogen (secondary N) is 1. The maximum absolute atomic E-state index is 12.6. The Morgan fingerprint density at radius 1 is 1.39 bits per heavy atom. The summed E-state index contributed by atoms with van der Waals surface area (Å²) in [6.07, 6.45) is 1.89. The molecule has 2 aliphatic rings. The van der Waals surface area contributed by atoms with E-state index in [0.717, 1.165) is 28.2 Å². The average Bonchev–Trinajstić information content (AvgIpc) is 3.16. The number of halogens is 1. The van der Waals surface area contributed by atoms with Crippen LogP contribution >= 0.6 is 39.0 Å². The highest BCUT2D eigenvalue weighted by molar-refractivity contribution is 9.10. The van der Waals surface area contributed by atoms with E-state index in [4.69, 9.17) is 9.73 Å². The van der Waals surface area contributed by atoms with E-state index in [1.54, 1.807) is 35.2 Å². The highest BCUT2D eigenvalue weighted by Crippen LogP contribution is 2.50. The van der Waals surface area contributed by atoms with E-state index in [9.17, 15) is 4.79 Å². The van der Waals surface area contributed by atoms with Crippen molar-refractivity contribution in [2.24, 2.45) is 10.9 Å². The number of nitrogens with zero attached hydrogens (tertiary/aromatic N) is 2. The quantitative estimate of drug-likeness (QED) is 0.683. The van der Waals surface area contributed by atoms with Crippen molar-refractivity contribution in [3.05, 3.63) is 50.9 Å². The average molecular weight is 480 g/mol. The Morgan fingerprint density at radius 3 is 2.86 bits per heavy atom. The second-order valence-electron chi connectivity index (χ2n) is 7.44. The SMILES string of the molecule is CCC1(C)C[C@@H]2CSC(NC(=O)c3ccccc3)=N[C@]2(c2nc(Br)cs2)CO1. The minimum absolute atomic E-state index is 0.135. The number of thiazole rings is 1. The number of hydrogen-bond donors (Lipinski definition) is 1. The summed E-state index contributed by atoms with van der Waals surface area (Å²) in [5, 5.41) is 6.55. The normalized spacial score (nSPS) is 29.7. The highest BCUT2D eigenvalue weighted by atomic mass is 79.9. The summed E-state index contributed by atoms with van der Waals surface area (Å²) in [6, 6.07) is 9.21. The predicted octanol–water partition coefficient (Wildman–Crippen LogP) is 4.84. The lowest BCUT2D eigenvalue weighted by molar-refractivity contribution is -0.122. The van der Waals surface area contributed by atoms with E-state index in [0.29, 0.717) is 23.3 Å². The van der Waals surface area contributed by atoms with Crippen molar-refractivity contribution < 1.29 is 9.53 Å². The number of hydrogen-bond acceptors (Lipinski definition) is 6. The Hall–Kier alpha value is -1.22. The van der Waals surface area contributed by atoms with Crippen LogP contribution in [0.3, 0.4) is 0 Å². The minimum atomic E-state index is -0.546. The minimum Gasteiger partial charge on any atom is -0.372 e. The first-order chi connectivity index (χ1) is 13.4. The molecule has 5 nitrogen and oxygen atoms in total. The van der Waals surface area contributed by atoms with Crippen molar-refractivity contribution >= 4 is 50.1 Å². The van der Waals surface area contributed by atoms with Gasteiger partial charge < -0.3 is 10.1 Å². The van der Waals surface area contributed by atoms with Gasteiger partial charge in [0.05, 0.1) is 12.2 Å². The summed E-state index contributed by atoms with van der Waals surface area (Å²) in [5.74, 6) is 1.05. The summed E-state index contributed by atoms with van der Waals surface area (Å²) in [6.45, 7) is 4.82. The number of amidine groups is 1. The Balaban J connectivity index is 1.66. The van der Waals surface area contributed by atoms with Crippen LogP contribution < -0.4 is 5.32 Å². The van der Waals surface area contributed by atoms with Crippen LogP contribution in [0.5, 0.6) is 0 Å². The van der Waals surface area contributed by atoms with Gasteiger partial charge in [0.15, 0.2) is 5.17 Å². The smallest absolute Gasteiger partial charge is 0.257 e. The monoisotopic (exact) mass is 479 g/mol. The number of thioether (sulfide) groups is 1. The summed E-state index contributed by atoms with van der Waals surface area (Å²) >= 11 is 6.67. The zero-order valence-electron chi connectivity index (χ0n) is 15.8. The maximum Gasteiger partial charge on any atom is 0.257 e. The molecule has 148 valence electrons. The van der Waals surface area contributed by atoms with Crippen LogP contribution in [0.25, 0.3) is 0 Å². The second kappa shape index (κ2) is 7.89. The van der Waals surface area contributed by atoms with Crippen molar-refractivity contribution in [3.8, 4) is 0 Å². The third kappa shape index (κ3) is 3.79. The van der Waals surface area contributed by atoms with Gasteiger partial charge in [0, 0.05) is 22.6 Å². The number of ether oxygens (including phenoxy) is 1. The Morgan fingerprint density at radius 2 is 2.18 bits per heavy atom. The second-order valence-corrected chi connectivity index (χ2v) is 10.1. The summed E-state index contributed by atoms with van der Waals surface area (Å²) in [4.78, 5) is 22.3. The molecule has 3 heterocycles. The van der Waals surface area contributed by atoms with Crippen molar-refractivity contribution in [1.29, 1.82) is 0 Å². The number of benzene rings is 1. The molecule has 2 aromatic rings. The van der Waals surface area contributed by atoms with Crippen LogP contribution in [-0.2, 0) is 10.3 Å². The number of aromatic nitrogens is 1. The molecule has 1 aromatic heterocycles. The van der Waals surface area contributed by atoms with Crippen LogP contribution in [-0.4, -0.2) is 34.0 Å². The fourth-order valence-corrected chi connectivity index (χ4v) is 6.28. The fraction of sp³-hybridized carbons (Fsp3) is 0.450. The molecule has 1 amide bonds. The molecule has 0 aliphatic carbocycles. The number of rotatable bonds is 3. The number of carbonyl (C=O) groups is 1. The first-order valence-electron chi connectivity index (χ1n) is 9.29. The number of carbonyl (C=O) groups excluding carboxylic acids is 1. The Bertz CT molecular complexity index is 904. The summed E-state index contributed by atoms with van der Waals surface area (Å²) in [7, 11) is 0. The van der Waals surface area contributed by atoms with Gasteiger partial charge in [0.25, 0.3) is 5.91 Å². The lowest BCUT2D eigenvalue weighted by atomic mass is 9.75. The number of fused-ring (bicyclic) bond motifs is 1. The van der Waals surface area contributed by atoms with Gasteiger partial charge in [-0.25, -0.2) is 9.98 Å². The van der Waals surface area contributed by atoms with E-state index in [1.807, 2.05) is 23.6 Å². The van der Waals surface area contributed by atoms with E-state index in [2.05, 4.69) is 40.1 Å². The first-order valence-corrected chi connectivity index (χ1v) is 11.9. The molecule has 1 unspecified atom stereocenters. The van der Waals surface area contributed by atoms with Crippen molar-refractivity contribution in [2.75, 3.05) is 12.4 Å². The van der Waals surface area contributed by atoms with Crippen molar-refractivity contribution in [2.45, 2.75) is 37.8 Å². The van der Waals surface area contributed by atoms with Gasteiger partial charge in [-0.3, -0.25) is 4.79 Å². The van der Waals surface area contributed by atoms with Crippen LogP contribution in [0, 0.1) is 5.92 Å². The highest BCUT2D eigenvalue weighted by Gasteiger charge is 2.53. The number of aliphatic imine (C=N–C) groups is 1. The molecule has 8 heteroatoms. The Labute approximate surface area is 181 Å². The molecule has 0 saturated carbocycles. The molecule has 3 atom stereocenters. The standard InChI is InChI=1S/C20H22BrN3O2S2/c1-3-19(2)9-14-10-28-18(23-16(25)13-7-5-4-6-8-13)24-20(14,12-26-19)17-22-15(21)11-27-17/h4-8,11,14H,3,9-10,12H2,1-2H3,(H,23,24,25)/t14-,19?,20-/m1/s1. The van der Waals surface area contributed by atoms with Crippen LogP contribution in [0.1, 0.15) is 42.1 Å². The van der Waals surface area contributed by atoms with Gasteiger partial charge in [-0.05, 0) is 47.8 Å². The molecule has 28 heavy (non-hydrogen) atoms. The predicted molar refractivity (Wildman–Crippen MR) is 118 cm³/mol. The lowest BCUT2D eigenvalue weighted by Crippen LogP contribution is -2.54. The molecule has 1 saturated heterocycles. The van der Waals surface area contributed by atoms with E-state index >= 15 is 0 Å². The van der Waals surface area contributed by atoms with E-state index in [1.165, 1.54) is 0 Å². The molecule has 0 spiro atoms. The van der Waals surface area contributed by atoms with Gasteiger partial charge in [0.2, 0.25) is 0 Å². The third-order valence-corrected chi connectivity index (χ3v) is 8.32. The van der Waals surface area contributed by atoms with Gasteiger partial charge in [-0.15, -0.1) is 11.3 Å². The van der Waals surface area contributed by atoms with Crippen LogP contribution in [0.15, 0.2) is 45.3 Å². The topological polar surface area (TPSA) is 63.6 Å². The van der Waals surface area contributed by atoms with Gasteiger partial charge in [-0.2, -0.15) is 0 Å². The molecule has 1 fully saturated rings. The van der Waals surface area contributed by atoms with Crippen LogP contribution in [0.2, 0.25) is 0 Å². The Kier molecular flexibility index (Phi) is 5.66. The van der Waals surface area contributed by atoms with Crippen LogP contribution in [0.4, 0.5) is 0 Å². The zero-order valence-corrected chi connectivity index (χ0v) is 19.0. The molecule has 0 radical (unpaired) electrons. The largest absolute Gasteiger partial charge is 0.372 e. The molecule has 1 N–H and O–H groups in total. The summed E-state index contributed by atoms with van der Waals surface area (Å²) in [5.41, 5.74) is -0.0585. The van der Waals surface area contributed by atoms with Crippen molar-refractivity contribution in [1.82, 2.24) is 10.3 Å². The number of amides is 1. The zero-order chi connectivity index (χ0) is 19.8. The third-order valence-electron chi connectivity index (χ3n) is 5.57. The maximum atomic E-state index is 12.6. The van der Waals surface area contributed by atoms with E-state index in [-0.39, 0.29) is 11.5 Å². The van der Waals surface area contributed by atoms with Gasteiger partial charge in [0.1, 0.15) is 15.1 Å². The molecular formula is C20H22BrN3O2S2. The lowest BCUT2D eigenvalue weighted by Gasteiger charge is -2.49. The van der Waals surface area contributed by atoms with Gasteiger partial charge >= 0.3 is 0 Å². The molecule has 1 aromatic carbocycles.